The number of amides is 2. The summed E-state index contributed by atoms with van der Waals surface area (Å²) in [5.41, 5.74) is -0.107. The third-order valence-electron chi connectivity index (χ3n) is 5.10. The fraction of sp³-hybridized carbons (Fsp3) is 0.500. The highest BCUT2D eigenvalue weighted by Crippen LogP contribution is 2.55. The quantitative estimate of drug-likeness (QED) is 0.805. The SMILES string of the molecule is C#CC(NC(=O)NC1CC2(CCC2)C1)c1cccc(C(F)(F)F)c1. The van der Waals surface area contributed by atoms with Crippen LogP contribution in [0, 0.1) is 17.8 Å². The summed E-state index contributed by atoms with van der Waals surface area (Å²) in [6.45, 7) is 0. The van der Waals surface area contributed by atoms with Gasteiger partial charge in [-0.25, -0.2) is 4.79 Å². The van der Waals surface area contributed by atoms with Gasteiger partial charge in [-0.1, -0.05) is 24.5 Å². The molecule has 0 heterocycles. The lowest BCUT2D eigenvalue weighted by molar-refractivity contribution is -0.137. The van der Waals surface area contributed by atoms with E-state index in [0.29, 0.717) is 5.41 Å². The number of urea groups is 1. The van der Waals surface area contributed by atoms with Crippen LogP contribution in [0.25, 0.3) is 0 Å². The minimum atomic E-state index is -4.44. The Morgan fingerprint density at radius 2 is 2.04 bits per heavy atom. The van der Waals surface area contributed by atoms with Gasteiger partial charge in [-0.05, 0) is 48.8 Å². The lowest BCUT2D eigenvalue weighted by atomic mass is 9.54. The number of hydrogen-bond donors (Lipinski definition) is 2. The highest BCUT2D eigenvalue weighted by atomic mass is 19.4. The number of carbonyl (C=O) groups excluding carboxylic acids is 1. The highest BCUT2D eigenvalue weighted by molar-refractivity contribution is 5.75. The standard InChI is InChI=1S/C18H19F3N2O/c1-2-15(12-5-3-6-13(9-12)18(19,20)21)23-16(24)22-14-10-17(11-14)7-4-8-17/h1,3,5-6,9,14-15H,4,7-8,10-11H2,(H2,22,23,24). The van der Waals surface area contributed by atoms with Gasteiger partial charge in [0.1, 0.15) is 6.04 Å². The molecule has 2 N–H and O–H groups in total. The van der Waals surface area contributed by atoms with Crippen molar-refractivity contribution in [2.24, 2.45) is 5.41 Å². The summed E-state index contributed by atoms with van der Waals surface area (Å²) in [6, 6.07) is 3.51. The zero-order valence-corrected chi connectivity index (χ0v) is 13.1. The van der Waals surface area contributed by atoms with Crippen LogP contribution in [0.1, 0.15) is 49.3 Å². The topological polar surface area (TPSA) is 41.1 Å². The van der Waals surface area contributed by atoms with Crippen LogP contribution in [-0.4, -0.2) is 12.1 Å². The molecule has 1 aromatic rings. The van der Waals surface area contributed by atoms with Crippen molar-refractivity contribution < 1.29 is 18.0 Å². The van der Waals surface area contributed by atoms with Gasteiger partial charge in [0, 0.05) is 6.04 Å². The average molecular weight is 336 g/mol. The number of hydrogen-bond acceptors (Lipinski definition) is 1. The first kappa shape index (κ1) is 16.7. The van der Waals surface area contributed by atoms with Crippen molar-refractivity contribution >= 4 is 6.03 Å². The second-order valence-corrected chi connectivity index (χ2v) is 6.80. The molecule has 128 valence electrons. The van der Waals surface area contributed by atoms with Crippen molar-refractivity contribution in [3.8, 4) is 12.3 Å². The van der Waals surface area contributed by atoms with Crippen molar-refractivity contribution in [1.82, 2.24) is 10.6 Å². The van der Waals surface area contributed by atoms with Gasteiger partial charge in [0.25, 0.3) is 0 Å². The van der Waals surface area contributed by atoms with Crippen molar-refractivity contribution in [1.29, 1.82) is 0 Å². The number of carbonyl (C=O) groups is 1. The van der Waals surface area contributed by atoms with E-state index in [9.17, 15) is 18.0 Å². The summed E-state index contributed by atoms with van der Waals surface area (Å²) in [6.07, 6.45) is 6.61. The number of rotatable bonds is 3. The largest absolute Gasteiger partial charge is 0.416 e. The minimum Gasteiger partial charge on any atom is -0.335 e. The lowest BCUT2D eigenvalue weighted by Crippen LogP contribution is -2.55. The van der Waals surface area contributed by atoms with E-state index in [1.54, 1.807) is 0 Å². The molecule has 0 bridgehead atoms. The van der Waals surface area contributed by atoms with Crippen LogP contribution in [-0.2, 0) is 6.18 Å². The van der Waals surface area contributed by atoms with Gasteiger partial charge < -0.3 is 10.6 Å². The van der Waals surface area contributed by atoms with Gasteiger partial charge in [-0.15, -0.1) is 6.42 Å². The number of nitrogens with one attached hydrogen (secondary N) is 2. The Morgan fingerprint density at radius 1 is 1.33 bits per heavy atom. The molecule has 1 spiro atoms. The van der Waals surface area contributed by atoms with Crippen LogP contribution < -0.4 is 10.6 Å². The summed E-state index contributed by atoms with van der Waals surface area (Å²) in [7, 11) is 0. The first-order valence-electron chi connectivity index (χ1n) is 8.02. The van der Waals surface area contributed by atoms with E-state index in [2.05, 4.69) is 16.6 Å². The monoisotopic (exact) mass is 336 g/mol. The van der Waals surface area contributed by atoms with Crippen LogP contribution >= 0.6 is 0 Å². The fourth-order valence-corrected chi connectivity index (χ4v) is 3.65. The molecule has 0 saturated heterocycles. The molecule has 1 unspecified atom stereocenters. The Labute approximate surface area is 139 Å². The Balaban J connectivity index is 1.58. The average Bonchev–Trinajstić information content (AvgIpc) is 2.45. The summed E-state index contributed by atoms with van der Waals surface area (Å²) in [5.74, 6) is 2.34. The van der Waals surface area contributed by atoms with E-state index < -0.39 is 23.8 Å². The van der Waals surface area contributed by atoms with Gasteiger partial charge in [0.15, 0.2) is 0 Å². The molecule has 1 aromatic carbocycles. The molecular formula is C18H19F3N2O. The summed E-state index contributed by atoms with van der Waals surface area (Å²) < 4.78 is 38.4. The highest BCUT2D eigenvalue weighted by Gasteiger charge is 2.48. The van der Waals surface area contributed by atoms with Crippen LogP contribution in [0.2, 0.25) is 0 Å². The first-order chi connectivity index (χ1) is 11.3. The molecule has 2 aliphatic carbocycles. The van der Waals surface area contributed by atoms with Crippen molar-refractivity contribution in [2.45, 2.75) is 50.4 Å². The first-order valence-corrected chi connectivity index (χ1v) is 8.02. The van der Waals surface area contributed by atoms with Gasteiger partial charge in [0.2, 0.25) is 0 Å². The molecular weight excluding hydrogens is 317 g/mol. The Bertz CT molecular complexity index is 666. The molecule has 2 aliphatic rings. The second kappa shape index (κ2) is 6.04. The van der Waals surface area contributed by atoms with Crippen LogP contribution in [0.15, 0.2) is 24.3 Å². The normalized spacial score (nSPS) is 20.4. The molecule has 2 saturated carbocycles. The third-order valence-corrected chi connectivity index (χ3v) is 5.10. The summed E-state index contributed by atoms with van der Waals surface area (Å²) in [4.78, 5) is 12.0. The molecule has 3 nitrogen and oxygen atoms in total. The van der Waals surface area contributed by atoms with Gasteiger partial charge in [0.05, 0.1) is 5.56 Å². The maximum atomic E-state index is 12.8. The smallest absolute Gasteiger partial charge is 0.335 e. The van der Waals surface area contributed by atoms with E-state index in [0.717, 1.165) is 25.0 Å². The van der Waals surface area contributed by atoms with Crippen molar-refractivity contribution in [3.63, 3.8) is 0 Å². The van der Waals surface area contributed by atoms with E-state index in [1.165, 1.54) is 31.4 Å². The van der Waals surface area contributed by atoms with Gasteiger partial charge in [-0.3, -0.25) is 0 Å². The number of terminal acetylenes is 1. The molecule has 2 fully saturated rings. The molecule has 0 aliphatic heterocycles. The van der Waals surface area contributed by atoms with Gasteiger partial charge in [-0.2, -0.15) is 13.2 Å². The summed E-state index contributed by atoms with van der Waals surface area (Å²) in [5, 5.41) is 5.42. The molecule has 3 rings (SSSR count). The van der Waals surface area contributed by atoms with Gasteiger partial charge >= 0.3 is 12.2 Å². The molecule has 1 atom stereocenters. The Kier molecular flexibility index (Phi) is 4.20. The molecule has 24 heavy (non-hydrogen) atoms. The maximum absolute atomic E-state index is 12.8. The van der Waals surface area contributed by atoms with Crippen LogP contribution in [0.3, 0.4) is 0 Å². The predicted octanol–water partition coefficient (Wildman–Crippen LogP) is 4.01. The molecule has 0 radical (unpaired) electrons. The van der Waals surface area contributed by atoms with Crippen LogP contribution in [0.4, 0.5) is 18.0 Å². The summed E-state index contributed by atoms with van der Waals surface area (Å²) >= 11 is 0. The van der Waals surface area contributed by atoms with E-state index in [1.807, 2.05) is 0 Å². The lowest BCUT2D eigenvalue weighted by Gasteiger charge is -2.54. The van der Waals surface area contributed by atoms with E-state index in [4.69, 9.17) is 6.42 Å². The minimum absolute atomic E-state index is 0.130. The zero-order valence-electron chi connectivity index (χ0n) is 13.1. The molecule has 0 aromatic heterocycles. The number of benzene rings is 1. The number of halogens is 3. The maximum Gasteiger partial charge on any atom is 0.416 e. The molecule has 6 heteroatoms. The van der Waals surface area contributed by atoms with Crippen molar-refractivity contribution in [2.75, 3.05) is 0 Å². The van der Waals surface area contributed by atoms with Crippen molar-refractivity contribution in [3.05, 3.63) is 35.4 Å². The third kappa shape index (κ3) is 3.35. The van der Waals surface area contributed by atoms with Crippen LogP contribution in [0.5, 0.6) is 0 Å². The fourth-order valence-electron chi connectivity index (χ4n) is 3.65. The van der Waals surface area contributed by atoms with E-state index in [-0.39, 0.29) is 11.6 Å². The Morgan fingerprint density at radius 3 is 2.58 bits per heavy atom. The molecule has 2 amide bonds. The zero-order chi connectivity index (χ0) is 17.4. The van der Waals surface area contributed by atoms with E-state index >= 15 is 0 Å². The second-order valence-electron chi connectivity index (χ2n) is 6.80. The predicted molar refractivity (Wildman–Crippen MR) is 84.0 cm³/mol. The number of alkyl halides is 3. The Hall–Kier alpha value is -2.16.